The zero-order chi connectivity index (χ0) is 18.5. The summed E-state index contributed by atoms with van der Waals surface area (Å²) < 4.78 is 5.49. The van der Waals surface area contributed by atoms with Crippen molar-refractivity contribution < 1.29 is 14.3 Å². The van der Waals surface area contributed by atoms with Crippen molar-refractivity contribution in [3.63, 3.8) is 0 Å². The van der Waals surface area contributed by atoms with Gasteiger partial charge in [-0.3, -0.25) is 14.5 Å². The highest BCUT2D eigenvalue weighted by molar-refractivity contribution is 5.94. The Kier molecular flexibility index (Phi) is 6.27. The SMILES string of the molecule is CCc1ccc(C(=O)N2CCN(CC(=O)N3CCOC(C)C3)CC2)cc1. The molecule has 26 heavy (non-hydrogen) atoms. The highest BCUT2D eigenvalue weighted by Gasteiger charge is 2.26. The normalized spacial score (nSPS) is 21.7. The second-order valence-electron chi connectivity index (χ2n) is 7.14. The summed E-state index contributed by atoms with van der Waals surface area (Å²) >= 11 is 0. The standard InChI is InChI=1S/C20H29N3O3/c1-3-17-4-6-18(7-5-17)20(25)22-10-8-21(9-11-22)15-19(24)23-12-13-26-16(2)14-23/h4-7,16H,3,8-15H2,1-2H3. The maximum atomic E-state index is 12.6. The predicted molar refractivity (Wildman–Crippen MR) is 100 cm³/mol. The molecule has 6 nitrogen and oxygen atoms in total. The highest BCUT2D eigenvalue weighted by Crippen LogP contribution is 2.12. The molecular weight excluding hydrogens is 330 g/mol. The minimum atomic E-state index is 0.0839. The monoisotopic (exact) mass is 359 g/mol. The van der Waals surface area contributed by atoms with Gasteiger partial charge in [-0.05, 0) is 31.0 Å². The van der Waals surface area contributed by atoms with Crippen LogP contribution in [0, 0.1) is 0 Å². The molecule has 0 saturated carbocycles. The molecule has 0 N–H and O–H groups in total. The van der Waals surface area contributed by atoms with Crippen LogP contribution in [-0.4, -0.2) is 85.0 Å². The molecule has 6 heteroatoms. The van der Waals surface area contributed by atoms with Crippen molar-refractivity contribution in [3.8, 4) is 0 Å². The molecule has 2 fully saturated rings. The van der Waals surface area contributed by atoms with E-state index in [-0.39, 0.29) is 17.9 Å². The van der Waals surface area contributed by atoms with Gasteiger partial charge in [-0.15, -0.1) is 0 Å². The van der Waals surface area contributed by atoms with Gasteiger partial charge in [0.15, 0.2) is 0 Å². The Morgan fingerprint density at radius 1 is 1.04 bits per heavy atom. The van der Waals surface area contributed by atoms with Crippen molar-refractivity contribution in [3.05, 3.63) is 35.4 Å². The molecule has 2 saturated heterocycles. The van der Waals surface area contributed by atoms with Gasteiger partial charge < -0.3 is 14.5 Å². The van der Waals surface area contributed by atoms with Crippen LogP contribution in [-0.2, 0) is 16.0 Å². The highest BCUT2D eigenvalue weighted by atomic mass is 16.5. The minimum absolute atomic E-state index is 0.0839. The molecule has 2 aliphatic rings. The summed E-state index contributed by atoms with van der Waals surface area (Å²) in [5, 5.41) is 0. The van der Waals surface area contributed by atoms with Crippen molar-refractivity contribution in [1.29, 1.82) is 0 Å². The van der Waals surface area contributed by atoms with Gasteiger partial charge in [0.2, 0.25) is 5.91 Å². The van der Waals surface area contributed by atoms with E-state index in [0.717, 1.165) is 25.1 Å². The first kappa shape index (κ1) is 18.9. The Morgan fingerprint density at radius 2 is 1.73 bits per heavy atom. The maximum absolute atomic E-state index is 12.6. The average Bonchev–Trinajstić information content (AvgIpc) is 2.68. The van der Waals surface area contributed by atoms with E-state index in [9.17, 15) is 9.59 Å². The Morgan fingerprint density at radius 3 is 2.35 bits per heavy atom. The first-order valence-corrected chi connectivity index (χ1v) is 9.56. The van der Waals surface area contributed by atoms with E-state index in [4.69, 9.17) is 4.74 Å². The molecule has 3 rings (SSSR count). The van der Waals surface area contributed by atoms with Crippen LogP contribution in [0.15, 0.2) is 24.3 Å². The quantitative estimate of drug-likeness (QED) is 0.812. The van der Waals surface area contributed by atoms with Gasteiger partial charge in [-0.25, -0.2) is 0 Å². The molecule has 0 radical (unpaired) electrons. The summed E-state index contributed by atoms with van der Waals surface area (Å²) in [6.07, 6.45) is 1.09. The summed E-state index contributed by atoms with van der Waals surface area (Å²) in [7, 11) is 0. The number of ether oxygens (including phenoxy) is 1. The fourth-order valence-electron chi connectivity index (χ4n) is 3.51. The van der Waals surface area contributed by atoms with Crippen LogP contribution >= 0.6 is 0 Å². The number of carbonyl (C=O) groups excluding carboxylic acids is 2. The van der Waals surface area contributed by atoms with Crippen molar-refractivity contribution in [1.82, 2.24) is 14.7 Å². The fraction of sp³-hybridized carbons (Fsp3) is 0.600. The predicted octanol–water partition coefficient (Wildman–Crippen LogP) is 1.25. The average molecular weight is 359 g/mol. The number of rotatable bonds is 4. The third kappa shape index (κ3) is 4.62. The number of piperazine rings is 1. The Labute approximate surface area is 155 Å². The van der Waals surface area contributed by atoms with E-state index in [0.29, 0.717) is 39.3 Å². The second-order valence-corrected chi connectivity index (χ2v) is 7.14. The van der Waals surface area contributed by atoms with Crippen LogP contribution in [0.5, 0.6) is 0 Å². The number of benzene rings is 1. The van der Waals surface area contributed by atoms with Gasteiger partial charge in [-0.1, -0.05) is 19.1 Å². The number of aryl methyl sites for hydroxylation is 1. The number of carbonyl (C=O) groups is 2. The first-order chi connectivity index (χ1) is 12.6. The van der Waals surface area contributed by atoms with Gasteiger partial charge in [-0.2, -0.15) is 0 Å². The zero-order valence-corrected chi connectivity index (χ0v) is 15.8. The van der Waals surface area contributed by atoms with Crippen LogP contribution in [0.4, 0.5) is 0 Å². The number of amides is 2. The molecule has 2 aliphatic heterocycles. The lowest BCUT2D eigenvalue weighted by atomic mass is 10.1. The molecule has 1 aromatic rings. The van der Waals surface area contributed by atoms with E-state index in [1.54, 1.807) is 0 Å². The Bertz CT molecular complexity index is 624. The van der Waals surface area contributed by atoms with E-state index in [1.165, 1.54) is 5.56 Å². The number of hydrogen-bond donors (Lipinski definition) is 0. The second kappa shape index (κ2) is 8.64. The van der Waals surface area contributed by atoms with Crippen molar-refractivity contribution in [2.45, 2.75) is 26.4 Å². The van der Waals surface area contributed by atoms with Crippen LogP contribution in [0.3, 0.4) is 0 Å². The largest absolute Gasteiger partial charge is 0.375 e. The molecule has 2 heterocycles. The van der Waals surface area contributed by atoms with E-state index < -0.39 is 0 Å². The molecule has 0 spiro atoms. The van der Waals surface area contributed by atoms with E-state index >= 15 is 0 Å². The number of nitrogens with zero attached hydrogens (tertiary/aromatic N) is 3. The number of hydrogen-bond acceptors (Lipinski definition) is 4. The Balaban J connectivity index is 1.47. The lowest BCUT2D eigenvalue weighted by Gasteiger charge is -2.37. The molecule has 2 amide bonds. The molecule has 0 aliphatic carbocycles. The van der Waals surface area contributed by atoms with E-state index in [1.807, 2.05) is 41.0 Å². The van der Waals surface area contributed by atoms with Crippen LogP contribution in [0.1, 0.15) is 29.8 Å². The summed E-state index contributed by atoms with van der Waals surface area (Å²) in [4.78, 5) is 31.0. The van der Waals surface area contributed by atoms with Crippen molar-refractivity contribution in [2.24, 2.45) is 0 Å². The molecular formula is C20H29N3O3. The summed E-state index contributed by atoms with van der Waals surface area (Å²) in [6.45, 7) is 9.31. The lowest BCUT2D eigenvalue weighted by Crippen LogP contribution is -2.53. The van der Waals surface area contributed by atoms with Crippen molar-refractivity contribution >= 4 is 11.8 Å². The molecule has 0 aromatic heterocycles. The van der Waals surface area contributed by atoms with Gasteiger partial charge in [0.05, 0.1) is 19.3 Å². The minimum Gasteiger partial charge on any atom is -0.375 e. The lowest BCUT2D eigenvalue weighted by molar-refractivity contribution is -0.139. The summed E-state index contributed by atoms with van der Waals surface area (Å²) in [5.74, 6) is 0.246. The fourth-order valence-corrected chi connectivity index (χ4v) is 3.51. The van der Waals surface area contributed by atoms with E-state index in [2.05, 4.69) is 11.8 Å². The third-order valence-electron chi connectivity index (χ3n) is 5.22. The first-order valence-electron chi connectivity index (χ1n) is 9.56. The summed E-state index contributed by atoms with van der Waals surface area (Å²) in [5.41, 5.74) is 1.98. The summed E-state index contributed by atoms with van der Waals surface area (Å²) in [6, 6.07) is 7.87. The van der Waals surface area contributed by atoms with Gasteiger partial charge in [0, 0.05) is 44.8 Å². The molecule has 1 aromatic carbocycles. The molecule has 1 unspecified atom stereocenters. The number of morpholine rings is 1. The molecule has 1 atom stereocenters. The zero-order valence-electron chi connectivity index (χ0n) is 15.8. The van der Waals surface area contributed by atoms with Gasteiger partial charge in [0.25, 0.3) is 5.91 Å². The van der Waals surface area contributed by atoms with Gasteiger partial charge in [0.1, 0.15) is 0 Å². The van der Waals surface area contributed by atoms with Crippen LogP contribution in [0.2, 0.25) is 0 Å². The van der Waals surface area contributed by atoms with Gasteiger partial charge >= 0.3 is 0 Å². The topological polar surface area (TPSA) is 53.1 Å². The van der Waals surface area contributed by atoms with Crippen LogP contribution in [0.25, 0.3) is 0 Å². The maximum Gasteiger partial charge on any atom is 0.253 e. The van der Waals surface area contributed by atoms with Crippen LogP contribution < -0.4 is 0 Å². The molecule has 142 valence electrons. The Hall–Kier alpha value is -1.92. The van der Waals surface area contributed by atoms with Crippen molar-refractivity contribution in [2.75, 3.05) is 52.4 Å². The molecule has 0 bridgehead atoms. The third-order valence-corrected chi connectivity index (χ3v) is 5.22. The smallest absolute Gasteiger partial charge is 0.253 e.